The lowest BCUT2D eigenvalue weighted by Gasteiger charge is -2.56. The molecule has 4 rings (SSSR count). The first-order valence-corrected chi connectivity index (χ1v) is 9.74. The van der Waals surface area contributed by atoms with Gasteiger partial charge in [-0.3, -0.25) is 0 Å². The summed E-state index contributed by atoms with van der Waals surface area (Å²) < 4.78 is 0. The highest BCUT2D eigenvalue weighted by Gasteiger charge is 2.56. The normalized spacial score (nSPS) is 56.4. The molecule has 4 aliphatic rings. The third-order valence-electron chi connectivity index (χ3n) is 8.63. The van der Waals surface area contributed by atoms with Crippen molar-refractivity contribution in [1.82, 2.24) is 0 Å². The average molecular weight is 290 g/mol. The van der Waals surface area contributed by atoms with Crippen molar-refractivity contribution in [2.75, 3.05) is 6.61 Å². The minimum atomic E-state index is 0.438. The van der Waals surface area contributed by atoms with Gasteiger partial charge in [0.1, 0.15) is 0 Å². The van der Waals surface area contributed by atoms with Gasteiger partial charge in [-0.1, -0.05) is 20.3 Å². The van der Waals surface area contributed by atoms with Crippen LogP contribution in [0.5, 0.6) is 0 Å². The van der Waals surface area contributed by atoms with Crippen molar-refractivity contribution in [1.29, 1.82) is 0 Å². The Morgan fingerprint density at radius 3 is 2.52 bits per heavy atom. The number of aliphatic hydroxyl groups excluding tert-OH is 1. The number of hydrogen-bond acceptors (Lipinski definition) is 1. The summed E-state index contributed by atoms with van der Waals surface area (Å²) in [5.74, 6) is 6.72. The van der Waals surface area contributed by atoms with Crippen LogP contribution in [0, 0.1) is 46.8 Å². The lowest BCUT2D eigenvalue weighted by atomic mass is 9.49. The molecule has 21 heavy (non-hydrogen) atoms. The summed E-state index contributed by atoms with van der Waals surface area (Å²) in [6, 6.07) is 0. The van der Waals surface area contributed by atoms with Crippen molar-refractivity contribution in [2.24, 2.45) is 46.8 Å². The lowest BCUT2D eigenvalue weighted by Crippen LogP contribution is -2.48. The molecule has 0 aromatic rings. The summed E-state index contributed by atoms with van der Waals surface area (Å²) in [5, 5.41) is 9.78. The van der Waals surface area contributed by atoms with Crippen LogP contribution in [0.4, 0.5) is 0 Å². The van der Waals surface area contributed by atoms with E-state index in [0.29, 0.717) is 17.9 Å². The van der Waals surface area contributed by atoms with Crippen molar-refractivity contribution in [2.45, 2.75) is 71.6 Å². The molecule has 8 atom stereocenters. The van der Waals surface area contributed by atoms with E-state index >= 15 is 0 Å². The second kappa shape index (κ2) is 5.25. The molecule has 8 unspecified atom stereocenters. The second-order valence-corrected chi connectivity index (χ2v) is 9.36. The third-order valence-corrected chi connectivity index (χ3v) is 8.63. The van der Waals surface area contributed by atoms with E-state index in [1.165, 1.54) is 57.8 Å². The Bertz CT molecular complexity index is 391. The van der Waals surface area contributed by atoms with Gasteiger partial charge in [-0.15, -0.1) is 0 Å². The number of hydrogen-bond donors (Lipinski definition) is 1. The summed E-state index contributed by atoms with van der Waals surface area (Å²) in [6.07, 6.45) is 13.2. The molecular formula is C20H34O. The first-order chi connectivity index (χ1) is 10.1. The number of fused-ring (bicyclic) bond motifs is 5. The molecule has 0 radical (unpaired) electrons. The van der Waals surface area contributed by atoms with Crippen molar-refractivity contribution in [3.63, 3.8) is 0 Å². The monoisotopic (exact) mass is 290 g/mol. The Hall–Kier alpha value is -0.0400. The molecule has 4 fully saturated rings. The van der Waals surface area contributed by atoms with Crippen LogP contribution in [0.25, 0.3) is 0 Å². The number of rotatable bonds is 1. The van der Waals surface area contributed by atoms with Crippen LogP contribution in [0.2, 0.25) is 0 Å². The highest BCUT2D eigenvalue weighted by molar-refractivity contribution is 5.05. The molecule has 0 aromatic heterocycles. The fourth-order valence-corrected chi connectivity index (χ4v) is 7.50. The predicted molar refractivity (Wildman–Crippen MR) is 86.8 cm³/mol. The summed E-state index contributed by atoms with van der Waals surface area (Å²) in [5.41, 5.74) is 0.477. The minimum Gasteiger partial charge on any atom is -0.396 e. The topological polar surface area (TPSA) is 20.2 Å². The van der Waals surface area contributed by atoms with E-state index in [0.717, 1.165) is 35.5 Å². The van der Waals surface area contributed by atoms with Gasteiger partial charge in [0, 0.05) is 6.61 Å². The molecule has 0 bridgehead atoms. The molecular weight excluding hydrogens is 256 g/mol. The van der Waals surface area contributed by atoms with Crippen LogP contribution in [0.15, 0.2) is 0 Å². The van der Waals surface area contributed by atoms with E-state index in [-0.39, 0.29) is 0 Å². The average Bonchev–Trinajstić information content (AvgIpc) is 2.83. The van der Waals surface area contributed by atoms with E-state index in [4.69, 9.17) is 0 Å². The maximum Gasteiger partial charge on any atom is 0.0464 e. The third kappa shape index (κ3) is 2.13. The van der Waals surface area contributed by atoms with Gasteiger partial charge in [0.05, 0.1) is 0 Å². The molecule has 0 spiro atoms. The molecule has 1 nitrogen and oxygen atoms in total. The Labute approximate surface area is 130 Å². The summed E-state index contributed by atoms with van der Waals surface area (Å²) >= 11 is 0. The quantitative estimate of drug-likeness (QED) is 0.729. The first kappa shape index (κ1) is 14.5. The van der Waals surface area contributed by atoms with Crippen LogP contribution in [-0.4, -0.2) is 11.7 Å². The Morgan fingerprint density at radius 1 is 0.905 bits per heavy atom. The summed E-state index contributed by atoms with van der Waals surface area (Å²) in [6.45, 7) is 5.44. The minimum absolute atomic E-state index is 0.438. The lowest BCUT2D eigenvalue weighted by molar-refractivity contribution is -0.0722. The van der Waals surface area contributed by atoms with Gasteiger partial charge in [-0.2, -0.15) is 0 Å². The van der Waals surface area contributed by atoms with Crippen molar-refractivity contribution < 1.29 is 5.11 Å². The highest BCUT2D eigenvalue weighted by Crippen LogP contribution is 2.64. The van der Waals surface area contributed by atoms with E-state index in [1.807, 2.05) is 0 Å². The predicted octanol–water partition coefficient (Wildman–Crippen LogP) is 4.88. The molecule has 1 N–H and O–H groups in total. The smallest absolute Gasteiger partial charge is 0.0464 e. The second-order valence-electron chi connectivity index (χ2n) is 9.36. The van der Waals surface area contributed by atoms with Gasteiger partial charge >= 0.3 is 0 Å². The van der Waals surface area contributed by atoms with Gasteiger partial charge < -0.3 is 5.11 Å². The van der Waals surface area contributed by atoms with Gasteiger partial charge in [-0.05, 0) is 98.2 Å². The van der Waals surface area contributed by atoms with E-state index < -0.39 is 0 Å². The number of aliphatic hydroxyl groups is 1. The van der Waals surface area contributed by atoms with Crippen LogP contribution >= 0.6 is 0 Å². The van der Waals surface area contributed by atoms with Crippen LogP contribution in [-0.2, 0) is 0 Å². The maximum atomic E-state index is 9.78. The summed E-state index contributed by atoms with van der Waals surface area (Å²) in [4.78, 5) is 0. The first-order valence-electron chi connectivity index (χ1n) is 9.74. The zero-order valence-corrected chi connectivity index (χ0v) is 14.1. The zero-order valence-electron chi connectivity index (χ0n) is 14.1. The largest absolute Gasteiger partial charge is 0.396 e. The molecule has 4 saturated carbocycles. The Kier molecular flexibility index (Phi) is 3.64. The zero-order chi connectivity index (χ0) is 14.6. The van der Waals surface area contributed by atoms with Gasteiger partial charge in [0.15, 0.2) is 0 Å². The van der Waals surface area contributed by atoms with Crippen LogP contribution in [0.3, 0.4) is 0 Å². The Morgan fingerprint density at radius 2 is 1.71 bits per heavy atom. The molecule has 120 valence electrons. The molecule has 0 heterocycles. The maximum absolute atomic E-state index is 9.78. The van der Waals surface area contributed by atoms with E-state index in [9.17, 15) is 5.11 Å². The molecule has 4 aliphatic carbocycles. The SMILES string of the molecule is CC1CCC2C(CCC3C2CCC2(C)C(CO)CCC32)C1. The van der Waals surface area contributed by atoms with Crippen molar-refractivity contribution >= 4 is 0 Å². The molecule has 0 amide bonds. The molecule has 0 aliphatic heterocycles. The fourth-order valence-electron chi connectivity index (χ4n) is 7.50. The standard InChI is InChI=1S/C20H34O/c1-13-3-6-16-14(11-13)4-7-18-17(16)9-10-20(2)15(12-21)5-8-19(18)20/h13-19,21H,3-12H2,1-2H3. The molecule has 1 heteroatoms. The van der Waals surface area contributed by atoms with E-state index in [1.54, 1.807) is 0 Å². The summed E-state index contributed by atoms with van der Waals surface area (Å²) in [7, 11) is 0. The molecule has 0 saturated heterocycles. The van der Waals surface area contributed by atoms with Crippen LogP contribution in [0.1, 0.15) is 71.6 Å². The van der Waals surface area contributed by atoms with Crippen LogP contribution < -0.4 is 0 Å². The fraction of sp³-hybridized carbons (Fsp3) is 1.00. The van der Waals surface area contributed by atoms with Gasteiger partial charge in [-0.25, -0.2) is 0 Å². The van der Waals surface area contributed by atoms with E-state index in [2.05, 4.69) is 13.8 Å². The Balaban J connectivity index is 1.55. The highest BCUT2D eigenvalue weighted by atomic mass is 16.3. The molecule has 0 aromatic carbocycles. The van der Waals surface area contributed by atoms with Gasteiger partial charge in [0.25, 0.3) is 0 Å². The van der Waals surface area contributed by atoms with Crippen molar-refractivity contribution in [3.05, 3.63) is 0 Å². The van der Waals surface area contributed by atoms with Gasteiger partial charge in [0.2, 0.25) is 0 Å². The van der Waals surface area contributed by atoms with Crippen molar-refractivity contribution in [3.8, 4) is 0 Å².